The molecule has 1 amide bonds. The van der Waals surface area contributed by atoms with Crippen molar-refractivity contribution >= 4 is 28.3 Å². The van der Waals surface area contributed by atoms with Crippen LogP contribution in [-0.4, -0.2) is 27.1 Å². The van der Waals surface area contributed by atoms with E-state index >= 15 is 0 Å². The number of hydrogen-bond donors (Lipinski definition) is 1. The number of nitrogens with zero attached hydrogens (tertiary/aromatic N) is 3. The third-order valence-corrected chi connectivity index (χ3v) is 4.12. The van der Waals surface area contributed by atoms with E-state index in [-0.39, 0.29) is 17.5 Å². The Labute approximate surface area is 153 Å². The molecule has 0 fully saturated rings. The minimum absolute atomic E-state index is 0.101. The number of ether oxygens (including phenoxy) is 1. The first kappa shape index (κ1) is 17.7. The van der Waals surface area contributed by atoms with Gasteiger partial charge < -0.3 is 14.5 Å². The molecule has 2 heterocycles. The number of carbonyl (C=O) groups is 2. The third kappa shape index (κ3) is 4.12. The summed E-state index contributed by atoms with van der Waals surface area (Å²) in [7, 11) is 0. The molecular weight excluding hydrogens is 356 g/mol. The molecule has 9 heteroatoms. The highest BCUT2D eigenvalue weighted by molar-refractivity contribution is 7.14. The Hall–Kier alpha value is -3.07. The summed E-state index contributed by atoms with van der Waals surface area (Å²) in [4.78, 5) is 27.2. The van der Waals surface area contributed by atoms with Gasteiger partial charge in [-0.3, -0.25) is 4.79 Å². The average Bonchev–Trinajstić information content (AvgIpc) is 3.24. The maximum absolute atomic E-state index is 12.2. The minimum atomic E-state index is -0.736. The van der Waals surface area contributed by atoms with Crippen LogP contribution in [0.5, 0.6) is 0 Å². The number of hydrogen-bond acceptors (Lipinski definition) is 8. The number of anilines is 1. The van der Waals surface area contributed by atoms with Crippen molar-refractivity contribution in [2.75, 3.05) is 5.32 Å². The molecule has 0 radical (unpaired) electrons. The molecule has 0 aliphatic heterocycles. The number of benzene rings is 1. The van der Waals surface area contributed by atoms with Gasteiger partial charge in [-0.15, -0.1) is 21.5 Å². The Bertz CT molecular complexity index is 932. The summed E-state index contributed by atoms with van der Waals surface area (Å²) >= 11 is 1.14. The van der Waals surface area contributed by atoms with Crippen LogP contribution in [0.3, 0.4) is 0 Å². The SMILES string of the molecule is CC(=O)Nc1nc(C(=O)OC(C)c2nnc(-c3ccc(C)cc3)o2)cs1. The van der Waals surface area contributed by atoms with E-state index in [1.54, 1.807) is 6.92 Å². The second-order valence-corrected chi connectivity index (χ2v) is 6.44. The predicted molar refractivity (Wildman–Crippen MR) is 94.7 cm³/mol. The van der Waals surface area contributed by atoms with Gasteiger partial charge in [-0.2, -0.15) is 0 Å². The van der Waals surface area contributed by atoms with Gasteiger partial charge in [0.25, 0.3) is 5.89 Å². The van der Waals surface area contributed by atoms with Crippen LogP contribution in [0.25, 0.3) is 11.5 Å². The molecule has 26 heavy (non-hydrogen) atoms. The van der Waals surface area contributed by atoms with Crippen molar-refractivity contribution in [3.63, 3.8) is 0 Å². The molecule has 0 spiro atoms. The zero-order valence-electron chi connectivity index (χ0n) is 14.3. The highest BCUT2D eigenvalue weighted by atomic mass is 32.1. The van der Waals surface area contributed by atoms with E-state index in [0.29, 0.717) is 11.0 Å². The van der Waals surface area contributed by atoms with Crippen LogP contribution < -0.4 is 5.32 Å². The summed E-state index contributed by atoms with van der Waals surface area (Å²) in [5, 5.41) is 12.3. The Balaban J connectivity index is 1.67. The lowest BCUT2D eigenvalue weighted by atomic mass is 10.1. The van der Waals surface area contributed by atoms with E-state index in [9.17, 15) is 9.59 Å². The van der Waals surface area contributed by atoms with Crippen molar-refractivity contribution in [1.29, 1.82) is 0 Å². The van der Waals surface area contributed by atoms with E-state index in [4.69, 9.17) is 9.15 Å². The summed E-state index contributed by atoms with van der Waals surface area (Å²) in [6, 6.07) is 7.64. The molecule has 0 saturated carbocycles. The van der Waals surface area contributed by atoms with Gasteiger partial charge in [-0.05, 0) is 26.0 Å². The highest BCUT2D eigenvalue weighted by Crippen LogP contribution is 2.24. The molecule has 0 aliphatic rings. The summed E-state index contributed by atoms with van der Waals surface area (Å²) in [6.07, 6.45) is -0.736. The molecule has 0 saturated heterocycles. The Kier molecular flexibility index (Phi) is 5.08. The lowest BCUT2D eigenvalue weighted by Crippen LogP contribution is -2.11. The van der Waals surface area contributed by atoms with Gasteiger partial charge in [0.15, 0.2) is 16.9 Å². The fourth-order valence-corrected chi connectivity index (χ4v) is 2.78. The first-order chi connectivity index (χ1) is 12.4. The van der Waals surface area contributed by atoms with Crippen LogP contribution in [0, 0.1) is 6.92 Å². The standard InChI is InChI=1S/C17H16N4O4S/c1-9-4-6-12(7-5-9)15-21-20-14(25-15)10(2)24-16(23)13-8-26-17(19-13)18-11(3)22/h4-8,10H,1-3H3,(H,18,19,22). The van der Waals surface area contributed by atoms with Crippen LogP contribution in [0.15, 0.2) is 34.1 Å². The van der Waals surface area contributed by atoms with Gasteiger partial charge in [0.05, 0.1) is 0 Å². The minimum Gasteiger partial charge on any atom is -0.448 e. The van der Waals surface area contributed by atoms with Crippen LogP contribution in [0.2, 0.25) is 0 Å². The van der Waals surface area contributed by atoms with E-state index in [2.05, 4.69) is 20.5 Å². The van der Waals surface area contributed by atoms with Crippen molar-refractivity contribution in [1.82, 2.24) is 15.2 Å². The number of amides is 1. The molecule has 1 atom stereocenters. The number of aryl methyl sites for hydroxylation is 1. The molecule has 1 N–H and O–H groups in total. The van der Waals surface area contributed by atoms with Crippen molar-refractivity contribution < 1.29 is 18.7 Å². The summed E-state index contributed by atoms with van der Waals surface area (Å²) < 4.78 is 10.9. The number of carbonyl (C=O) groups excluding carboxylic acids is 2. The molecule has 3 aromatic rings. The zero-order chi connectivity index (χ0) is 18.7. The molecular formula is C17H16N4O4S. The van der Waals surface area contributed by atoms with Crippen molar-refractivity contribution in [3.8, 4) is 11.5 Å². The molecule has 3 rings (SSSR count). The molecule has 0 aliphatic carbocycles. The second kappa shape index (κ2) is 7.44. The maximum Gasteiger partial charge on any atom is 0.358 e. The van der Waals surface area contributed by atoms with Gasteiger partial charge in [0.1, 0.15) is 0 Å². The Morgan fingerprint density at radius 1 is 1.23 bits per heavy atom. The topological polar surface area (TPSA) is 107 Å². The van der Waals surface area contributed by atoms with Gasteiger partial charge >= 0.3 is 5.97 Å². The lowest BCUT2D eigenvalue weighted by molar-refractivity contribution is -0.114. The van der Waals surface area contributed by atoms with Crippen LogP contribution in [0.4, 0.5) is 5.13 Å². The van der Waals surface area contributed by atoms with Crippen LogP contribution >= 0.6 is 11.3 Å². The fourth-order valence-electron chi connectivity index (χ4n) is 2.06. The largest absolute Gasteiger partial charge is 0.448 e. The van der Waals surface area contributed by atoms with E-state index in [1.165, 1.54) is 12.3 Å². The van der Waals surface area contributed by atoms with Gasteiger partial charge in [-0.1, -0.05) is 17.7 Å². The Morgan fingerprint density at radius 3 is 2.65 bits per heavy atom. The smallest absolute Gasteiger partial charge is 0.358 e. The van der Waals surface area contributed by atoms with Crippen LogP contribution in [-0.2, 0) is 9.53 Å². The first-order valence-corrected chi connectivity index (χ1v) is 8.65. The predicted octanol–water partition coefficient (Wildman–Crippen LogP) is 3.38. The number of thiazole rings is 1. The van der Waals surface area contributed by atoms with Gasteiger partial charge in [-0.25, -0.2) is 9.78 Å². The number of aromatic nitrogens is 3. The molecule has 134 valence electrons. The maximum atomic E-state index is 12.2. The van der Waals surface area contributed by atoms with E-state index in [1.807, 2.05) is 31.2 Å². The Morgan fingerprint density at radius 2 is 1.96 bits per heavy atom. The number of rotatable bonds is 5. The number of esters is 1. The summed E-state index contributed by atoms with van der Waals surface area (Å²) in [5.74, 6) is -0.363. The average molecular weight is 372 g/mol. The normalized spacial score (nSPS) is 11.8. The summed E-state index contributed by atoms with van der Waals surface area (Å²) in [6.45, 7) is 4.98. The molecule has 1 unspecified atom stereocenters. The van der Waals surface area contributed by atoms with Gasteiger partial charge in [0.2, 0.25) is 11.8 Å². The molecule has 2 aromatic heterocycles. The summed E-state index contributed by atoms with van der Waals surface area (Å²) in [5.41, 5.74) is 2.01. The number of nitrogens with one attached hydrogen (secondary N) is 1. The van der Waals surface area contributed by atoms with Crippen molar-refractivity contribution in [3.05, 3.63) is 46.8 Å². The van der Waals surface area contributed by atoms with E-state index < -0.39 is 12.1 Å². The fraction of sp³-hybridized carbons (Fsp3) is 0.235. The lowest BCUT2D eigenvalue weighted by Gasteiger charge is -2.07. The van der Waals surface area contributed by atoms with Crippen molar-refractivity contribution in [2.24, 2.45) is 0 Å². The second-order valence-electron chi connectivity index (χ2n) is 5.58. The first-order valence-electron chi connectivity index (χ1n) is 7.77. The van der Waals surface area contributed by atoms with E-state index in [0.717, 1.165) is 22.5 Å². The van der Waals surface area contributed by atoms with Crippen molar-refractivity contribution in [2.45, 2.75) is 26.9 Å². The molecule has 0 bridgehead atoms. The quantitative estimate of drug-likeness (QED) is 0.684. The monoisotopic (exact) mass is 372 g/mol. The van der Waals surface area contributed by atoms with Gasteiger partial charge in [0, 0.05) is 17.9 Å². The molecule has 1 aromatic carbocycles. The van der Waals surface area contributed by atoms with Crippen LogP contribution in [0.1, 0.15) is 41.9 Å². The third-order valence-electron chi connectivity index (χ3n) is 3.37. The highest BCUT2D eigenvalue weighted by Gasteiger charge is 2.21. The zero-order valence-corrected chi connectivity index (χ0v) is 15.2. The molecule has 8 nitrogen and oxygen atoms in total.